The van der Waals surface area contributed by atoms with E-state index >= 15 is 0 Å². The van der Waals surface area contributed by atoms with Crippen molar-refractivity contribution in [2.75, 3.05) is 27.2 Å². The van der Waals surface area contributed by atoms with E-state index in [0.717, 1.165) is 5.39 Å². The van der Waals surface area contributed by atoms with Crippen LogP contribution in [0.25, 0.3) is 21.8 Å². The van der Waals surface area contributed by atoms with Gasteiger partial charge in [0.15, 0.2) is 17.2 Å². The number of amides is 2. The van der Waals surface area contributed by atoms with Gasteiger partial charge in [-0.1, -0.05) is 48.5 Å². The molecule has 0 saturated carbocycles. The maximum atomic E-state index is 14.1. The Kier molecular flexibility index (Phi) is 8.05. The highest BCUT2D eigenvalue weighted by molar-refractivity contribution is 6.12. The number of piperidine rings is 1. The van der Waals surface area contributed by atoms with Gasteiger partial charge in [-0.25, -0.2) is 4.79 Å². The number of methoxy groups -OCH3 is 1. The van der Waals surface area contributed by atoms with Gasteiger partial charge in [0.1, 0.15) is 11.0 Å². The first kappa shape index (κ1) is 29.9. The molecular weight excluding hydrogens is 548 g/mol. The van der Waals surface area contributed by atoms with E-state index in [0.29, 0.717) is 42.5 Å². The number of rotatable bonds is 6. The van der Waals surface area contributed by atoms with Crippen LogP contribution < -0.4 is 10.3 Å². The highest BCUT2D eigenvalue weighted by Crippen LogP contribution is 2.36. The number of carbonyl (C=O) groups is 3. The van der Waals surface area contributed by atoms with Crippen molar-refractivity contribution in [3.05, 3.63) is 76.2 Å². The summed E-state index contributed by atoms with van der Waals surface area (Å²) in [7, 11) is 4.93. The highest BCUT2D eigenvalue weighted by Gasteiger charge is 2.34. The van der Waals surface area contributed by atoms with E-state index in [4.69, 9.17) is 9.47 Å². The van der Waals surface area contributed by atoms with E-state index in [-0.39, 0.29) is 47.2 Å². The van der Waals surface area contributed by atoms with Crippen molar-refractivity contribution in [2.45, 2.75) is 51.8 Å². The number of fused-ring (bicyclic) bond motifs is 3. The second kappa shape index (κ2) is 11.6. The summed E-state index contributed by atoms with van der Waals surface area (Å²) in [4.78, 5) is 57.2. The predicted molar refractivity (Wildman–Crippen MR) is 165 cm³/mol. The zero-order valence-corrected chi connectivity index (χ0v) is 25.5. The fraction of sp³-hybridized carbons (Fsp3) is 0.394. The van der Waals surface area contributed by atoms with Gasteiger partial charge in [0.05, 0.1) is 24.7 Å². The Morgan fingerprint density at radius 1 is 0.977 bits per heavy atom. The van der Waals surface area contributed by atoms with Crippen LogP contribution in [-0.4, -0.2) is 75.6 Å². The van der Waals surface area contributed by atoms with Gasteiger partial charge in [-0.05, 0) is 39.7 Å². The molecule has 0 radical (unpaired) electrons. The van der Waals surface area contributed by atoms with Crippen LogP contribution >= 0.6 is 0 Å². The Hall–Kier alpha value is -4.60. The van der Waals surface area contributed by atoms with Gasteiger partial charge in [0.25, 0.3) is 11.5 Å². The molecule has 0 unspecified atom stereocenters. The van der Waals surface area contributed by atoms with Crippen LogP contribution in [0.3, 0.4) is 0 Å². The van der Waals surface area contributed by atoms with E-state index in [1.807, 2.05) is 45.0 Å². The Balaban J connectivity index is 1.51. The summed E-state index contributed by atoms with van der Waals surface area (Å²) >= 11 is 0. The third kappa shape index (κ3) is 5.61. The maximum Gasteiger partial charge on any atom is 0.410 e. The number of para-hydroxylation sites is 1. The number of hydrogen-bond acceptors (Lipinski definition) is 6. The third-order valence-corrected chi connectivity index (χ3v) is 8.05. The van der Waals surface area contributed by atoms with E-state index in [2.05, 4.69) is 0 Å². The van der Waals surface area contributed by atoms with Crippen molar-refractivity contribution in [2.24, 2.45) is 7.05 Å². The van der Waals surface area contributed by atoms with E-state index in [1.165, 1.54) is 11.7 Å². The zero-order chi connectivity index (χ0) is 31.1. The molecular formula is C33H38N4O6. The Bertz CT molecular complexity index is 1760. The monoisotopic (exact) mass is 586 g/mol. The molecule has 1 fully saturated rings. The highest BCUT2D eigenvalue weighted by atomic mass is 16.6. The van der Waals surface area contributed by atoms with Gasteiger partial charge in [-0.2, -0.15) is 0 Å². The summed E-state index contributed by atoms with van der Waals surface area (Å²) in [5.41, 5.74) is 0.936. The average Bonchev–Trinajstić information content (AvgIpc) is 3.30. The normalized spacial score (nSPS) is 14.2. The molecule has 10 heteroatoms. The molecule has 0 atom stereocenters. The van der Waals surface area contributed by atoms with E-state index < -0.39 is 11.2 Å². The molecule has 1 aliphatic rings. The summed E-state index contributed by atoms with van der Waals surface area (Å²) in [6.45, 7) is 6.28. The third-order valence-electron chi connectivity index (χ3n) is 8.05. The molecule has 43 heavy (non-hydrogen) atoms. The van der Waals surface area contributed by atoms with Gasteiger partial charge in [0.2, 0.25) is 0 Å². The molecule has 226 valence electrons. The topological polar surface area (TPSA) is 103 Å². The summed E-state index contributed by atoms with van der Waals surface area (Å²) in [6.07, 6.45) is 0.820. The number of benzene rings is 2. The van der Waals surface area contributed by atoms with Crippen LogP contribution in [0, 0.1) is 0 Å². The van der Waals surface area contributed by atoms with Crippen LogP contribution in [0.1, 0.15) is 54.5 Å². The summed E-state index contributed by atoms with van der Waals surface area (Å²) < 4.78 is 14.5. The van der Waals surface area contributed by atoms with Crippen molar-refractivity contribution in [1.29, 1.82) is 0 Å². The smallest absolute Gasteiger partial charge is 0.410 e. The van der Waals surface area contributed by atoms with E-state index in [9.17, 15) is 19.2 Å². The summed E-state index contributed by atoms with van der Waals surface area (Å²) in [5, 5.41) is 0.979. The molecule has 3 heterocycles. The van der Waals surface area contributed by atoms with Gasteiger partial charge >= 0.3 is 6.09 Å². The minimum Gasteiger partial charge on any atom is -0.493 e. The Morgan fingerprint density at radius 2 is 1.60 bits per heavy atom. The molecule has 0 aliphatic carbocycles. The molecule has 4 aromatic rings. The van der Waals surface area contributed by atoms with Crippen LogP contribution in [0.5, 0.6) is 5.75 Å². The summed E-state index contributed by atoms with van der Waals surface area (Å²) in [5.74, 6) is -0.310. The fourth-order valence-corrected chi connectivity index (χ4v) is 5.88. The maximum absolute atomic E-state index is 14.1. The molecule has 0 N–H and O–H groups in total. The standard InChI is InChI=1S/C33H38N4O6/c1-33(2,3)43-32(41)36-18-16-22(17-19-36)34(4)31(40)28-29(42-6)26-27(35(28)5)23-14-10-11-15-24(23)37(30(26)39)20-25(38)21-12-8-7-9-13-21/h7-15,22H,16-20H2,1-6H3. The van der Waals surface area contributed by atoms with Crippen molar-refractivity contribution >= 4 is 39.6 Å². The Morgan fingerprint density at radius 3 is 2.23 bits per heavy atom. The van der Waals surface area contributed by atoms with Crippen molar-refractivity contribution in [1.82, 2.24) is 18.9 Å². The van der Waals surface area contributed by atoms with E-state index in [1.54, 1.807) is 58.8 Å². The fourth-order valence-electron chi connectivity index (χ4n) is 5.88. The molecule has 1 aliphatic heterocycles. The molecule has 5 rings (SSSR count). The average molecular weight is 587 g/mol. The quantitative estimate of drug-likeness (QED) is 0.299. The number of hydrogen-bond donors (Lipinski definition) is 0. The molecule has 0 bridgehead atoms. The lowest BCUT2D eigenvalue weighted by molar-refractivity contribution is 0.0159. The first-order valence-corrected chi connectivity index (χ1v) is 14.4. The van der Waals surface area contributed by atoms with Crippen LogP contribution in [0.15, 0.2) is 59.4 Å². The van der Waals surface area contributed by atoms with Crippen molar-refractivity contribution in [3.8, 4) is 5.75 Å². The number of ether oxygens (including phenoxy) is 2. The first-order valence-electron chi connectivity index (χ1n) is 14.4. The molecule has 1 saturated heterocycles. The molecule has 10 nitrogen and oxygen atoms in total. The lowest BCUT2D eigenvalue weighted by Gasteiger charge is -2.37. The number of aromatic nitrogens is 2. The molecule has 2 aromatic carbocycles. The predicted octanol–water partition coefficient (Wildman–Crippen LogP) is 4.86. The number of Topliss-reactive ketones (excluding diaryl/α,β-unsaturated/α-hetero) is 1. The molecule has 2 amide bonds. The zero-order valence-electron chi connectivity index (χ0n) is 25.5. The number of nitrogens with zero attached hydrogens (tertiary/aromatic N) is 4. The second-order valence-corrected chi connectivity index (χ2v) is 12.0. The van der Waals surface area contributed by atoms with Crippen LogP contribution in [0.2, 0.25) is 0 Å². The van der Waals surface area contributed by atoms with Crippen molar-refractivity contribution < 1.29 is 23.9 Å². The van der Waals surface area contributed by atoms with Crippen LogP contribution in [-0.2, 0) is 18.3 Å². The second-order valence-electron chi connectivity index (χ2n) is 12.0. The number of carbonyl (C=O) groups excluding carboxylic acids is 3. The van der Waals surface area contributed by atoms with Gasteiger partial charge in [-0.15, -0.1) is 0 Å². The lowest BCUT2D eigenvalue weighted by atomic mass is 10.0. The van der Waals surface area contributed by atoms with Gasteiger partial charge < -0.3 is 23.8 Å². The minimum atomic E-state index is -0.580. The SMILES string of the molecule is COc1c(C(=O)N(C)C2CCN(C(=O)OC(C)(C)C)CC2)n(C)c2c1c(=O)n(CC(=O)c1ccccc1)c1ccccc21. The van der Waals surface area contributed by atoms with Crippen LogP contribution in [0.4, 0.5) is 4.79 Å². The number of aryl methyl sites for hydroxylation is 1. The largest absolute Gasteiger partial charge is 0.493 e. The minimum absolute atomic E-state index is 0.120. The Labute approximate surface area is 250 Å². The van der Waals surface area contributed by atoms with Gasteiger partial charge in [-0.3, -0.25) is 19.0 Å². The van der Waals surface area contributed by atoms with Gasteiger partial charge in [0, 0.05) is 44.2 Å². The molecule has 2 aromatic heterocycles. The molecule has 0 spiro atoms. The lowest BCUT2D eigenvalue weighted by Crippen LogP contribution is -2.48. The summed E-state index contributed by atoms with van der Waals surface area (Å²) in [6, 6.07) is 16.1. The number of likely N-dealkylation sites (tertiary alicyclic amines) is 1. The number of ketones is 1. The first-order chi connectivity index (χ1) is 20.4. The van der Waals surface area contributed by atoms with Crippen molar-refractivity contribution in [3.63, 3.8) is 0 Å². The number of pyridine rings is 1.